The summed E-state index contributed by atoms with van der Waals surface area (Å²) in [5.74, 6) is 1.02. The van der Waals surface area contributed by atoms with E-state index in [-0.39, 0.29) is 5.91 Å². The van der Waals surface area contributed by atoms with Gasteiger partial charge in [0.2, 0.25) is 0 Å². The zero-order valence-corrected chi connectivity index (χ0v) is 14.3. The Morgan fingerprint density at radius 3 is 2.72 bits per heavy atom. The molecule has 0 atom stereocenters. The maximum absolute atomic E-state index is 12.7. The Bertz CT molecular complexity index is 893. The monoisotopic (exact) mass is 336 g/mol. The molecule has 25 heavy (non-hydrogen) atoms. The number of carbonyl (C=O) groups excluding carboxylic acids is 1. The van der Waals surface area contributed by atoms with E-state index in [1.807, 2.05) is 30.3 Å². The lowest BCUT2D eigenvalue weighted by Gasteiger charge is -2.13. The molecule has 0 unspecified atom stereocenters. The summed E-state index contributed by atoms with van der Waals surface area (Å²) in [7, 11) is 1.55. The molecule has 1 N–H and O–H groups in total. The van der Waals surface area contributed by atoms with E-state index >= 15 is 0 Å². The minimum absolute atomic E-state index is 0.232. The van der Waals surface area contributed by atoms with Crippen molar-refractivity contribution in [3.63, 3.8) is 0 Å². The number of pyridine rings is 1. The van der Waals surface area contributed by atoms with Crippen LogP contribution in [0.2, 0.25) is 0 Å². The van der Waals surface area contributed by atoms with Crippen LogP contribution in [0.1, 0.15) is 23.7 Å². The summed E-state index contributed by atoms with van der Waals surface area (Å²) in [4.78, 5) is 17.1. The highest BCUT2D eigenvalue weighted by Crippen LogP contribution is 2.31. The Morgan fingerprint density at radius 2 is 1.92 bits per heavy atom. The minimum atomic E-state index is -0.232. The third kappa shape index (κ3) is 3.55. The lowest BCUT2D eigenvalue weighted by molar-refractivity contribution is 0.102. The smallest absolute Gasteiger partial charge is 0.259 e. The first-order chi connectivity index (χ1) is 12.2. The predicted octanol–water partition coefficient (Wildman–Crippen LogP) is 4.28. The molecular weight excluding hydrogens is 316 g/mol. The van der Waals surface area contributed by atoms with Crippen molar-refractivity contribution in [2.24, 2.45) is 0 Å². The van der Waals surface area contributed by atoms with Crippen LogP contribution in [0, 0.1) is 0 Å². The van der Waals surface area contributed by atoms with E-state index in [1.54, 1.807) is 31.5 Å². The second kappa shape index (κ2) is 7.66. The van der Waals surface area contributed by atoms with Crippen LogP contribution < -0.4 is 14.8 Å². The lowest BCUT2D eigenvalue weighted by Crippen LogP contribution is -2.13. The molecule has 0 aliphatic rings. The molecule has 0 spiro atoms. The molecule has 0 bridgehead atoms. The van der Waals surface area contributed by atoms with Crippen LogP contribution in [-0.2, 0) is 0 Å². The molecule has 1 heterocycles. The number of ether oxygens (including phenoxy) is 2. The van der Waals surface area contributed by atoms with Crippen molar-refractivity contribution in [3.05, 3.63) is 60.3 Å². The fourth-order valence-electron chi connectivity index (χ4n) is 2.61. The van der Waals surface area contributed by atoms with Gasteiger partial charge in [-0.2, -0.15) is 0 Å². The number of para-hydroxylation sites is 1. The van der Waals surface area contributed by atoms with Gasteiger partial charge in [0.25, 0.3) is 5.91 Å². The molecule has 0 aliphatic carbocycles. The lowest BCUT2D eigenvalue weighted by atomic mass is 10.1. The molecule has 0 radical (unpaired) electrons. The molecule has 3 aromatic rings. The largest absolute Gasteiger partial charge is 0.496 e. The molecule has 0 aliphatic heterocycles. The standard InChI is InChI=1S/C20H20N2O3/c1-3-13-25-18-11-10-16(14-8-6-12-21-19(14)18)22-20(23)15-7-4-5-9-17(15)24-2/h4-12H,3,13H2,1-2H3,(H,22,23). The van der Waals surface area contributed by atoms with Crippen LogP contribution in [0.25, 0.3) is 10.9 Å². The molecule has 5 nitrogen and oxygen atoms in total. The molecular formula is C20H20N2O3. The summed E-state index contributed by atoms with van der Waals surface area (Å²) in [6, 6.07) is 14.5. The molecule has 5 heteroatoms. The Hall–Kier alpha value is -3.08. The fraction of sp³-hybridized carbons (Fsp3) is 0.200. The Balaban J connectivity index is 1.95. The number of anilines is 1. The third-order valence-electron chi connectivity index (χ3n) is 3.79. The normalized spacial score (nSPS) is 10.5. The molecule has 0 saturated carbocycles. The molecule has 1 aromatic heterocycles. The average Bonchev–Trinajstić information content (AvgIpc) is 2.67. The zero-order valence-electron chi connectivity index (χ0n) is 14.3. The van der Waals surface area contributed by atoms with Crippen LogP contribution in [-0.4, -0.2) is 24.6 Å². The van der Waals surface area contributed by atoms with E-state index in [1.165, 1.54) is 0 Å². The summed E-state index contributed by atoms with van der Waals surface area (Å²) >= 11 is 0. The van der Waals surface area contributed by atoms with Gasteiger partial charge in [-0.3, -0.25) is 9.78 Å². The van der Waals surface area contributed by atoms with Crippen molar-refractivity contribution in [1.29, 1.82) is 0 Å². The quantitative estimate of drug-likeness (QED) is 0.730. The van der Waals surface area contributed by atoms with Crippen LogP contribution in [0.4, 0.5) is 5.69 Å². The number of rotatable bonds is 6. The number of hydrogen-bond acceptors (Lipinski definition) is 4. The van der Waals surface area contributed by atoms with Gasteiger partial charge >= 0.3 is 0 Å². The van der Waals surface area contributed by atoms with E-state index in [0.29, 0.717) is 29.4 Å². The number of nitrogens with zero attached hydrogens (tertiary/aromatic N) is 1. The van der Waals surface area contributed by atoms with Crippen LogP contribution in [0.15, 0.2) is 54.7 Å². The highest BCUT2D eigenvalue weighted by molar-refractivity contribution is 6.10. The summed E-state index contributed by atoms with van der Waals surface area (Å²) in [5.41, 5.74) is 1.89. The molecule has 2 aromatic carbocycles. The van der Waals surface area contributed by atoms with Gasteiger partial charge in [0.1, 0.15) is 17.0 Å². The van der Waals surface area contributed by atoms with E-state index < -0.39 is 0 Å². The van der Waals surface area contributed by atoms with Gasteiger partial charge in [0.15, 0.2) is 0 Å². The maximum atomic E-state index is 12.7. The SMILES string of the molecule is CCCOc1ccc(NC(=O)c2ccccc2OC)c2cccnc12. The number of fused-ring (bicyclic) bond motifs is 1. The second-order valence-corrected chi connectivity index (χ2v) is 5.51. The van der Waals surface area contributed by atoms with Crippen LogP contribution in [0.3, 0.4) is 0 Å². The van der Waals surface area contributed by atoms with Crippen molar-refractivity contribution >= 4 is 22.5 Å². The summed E-state index contributed by atoms with van der Waals surface area (Å²) in [6.45, 7) is 2.68. The van der Waals surface area contributed by atoms with E-state index in [2.05, 4.69) is 17.2 Å². The first-order valence-corrected chi connectivity index (χ1v) is 8.19. The number of hydrogen-bond donors (Lipinski definition) is 1. The van der Waals surface area contributed by atoms with Crippen molar-refractivity contribution in [1.82, 2.24) is 4.98 Å². The number of aromatic nitrogens is 1. The van der Waals surface area contributed by atoms with Gasteiger partial charge in [-0.1, -0.05) is 19.1 Å². The number of methoxy groups -OCH3 is 1. The highest BCUT2D eigenvalue weighted by atomic mass is 16.5. The zero-order chi connectivity index (χ0) is 17.6. The molecule has 3 rings (SSSR count). The van der Waals surface area contributed by atoms with Gasteiger partial charge in [0.05, 0.1) is 25.0 Å². The average molecular weight is 336 g/mol. The van der Waals surface area contributed by atoms with Crippen LogP contribution in [0.5, 0.6) is 11.5 Å². The van der Waals surface area contributed by atoms with Gasteiger partial charge in [-0.15, -0.1) is 0 Å². The Labute approximate surface area is 146 Å². The van der Waals surface area contributed by atoms with Crippen molar-refractivity contribution in [2.45, 2.75) is 13.3 Å². The summed E-state index contributed by atoms with van der Waals surface area (Å²) < 4.78 is 11.0. The predicted molar refractivity (Wildman–Crippen MR) is 98.5 cm³/mol. The van der Waals surface area contributed by atoms with Gasteiger partial charge < -0.3 is 14.8 Å². The van der Waals surface area contributed by atoms with Crippen molar-refractivity contribution in [2.75, 3.05) is 19.0 Å². The van der Waals surface area contributed by atoms with Crippen molar-refractivity contribution in [3.8, 4) is 11.5 Å². The second-order valence-electron chi connectivity index (χ2n) is 5.51. The summed E-state index contributed by atoms with van der Waals surface area (Å²) in [5, 5.41) is 3.78. The van der Waals surface area contributed by atoms with Crippen molar-refractivity contribution < 1.29 is 14.3 Å². The first-order valence-electron chi connectivity index (χ1n) is 8.19. The Morgan fingerprint density at radius 1 is 1.08 bits per heavy atom. The van der Waals surface area contributed by atoms with Gasteiger partial charge in [-0.05, 0) is 42.8 Å². The van der Waals surface area contributed by atoms with Gasteiger partial charge in [0, 0.05) is 11.6 Å². The van der Waals surface area contributed by atoms with E-state index in [0.717, 1.165) is 17.3 Å². The third-order valence-corrected chi connectivity index (χ3v) is 3.79. The first kappa shape index (κ1) is 16.8. The molecule has 1 amide bonds. The fourth-order valence-corrected chi connectivity index (χ4v) is 2.61. The topological polar surface area (TPSA) is 60.5 Å². The van der Waals surface area contributed by atoms with Gasteiger partial charge in [-0.25, -0.2) is 0 Å². The molecule has 0 saturated heterocycles. The van der Waals surface area contributed by atoms with Crippen LogP contribution >= 0.6 is 0 Å². The molecule has 128 valence electrons. The maximum Gasteiger partial charge on any atom is 0.259 e. The number of benzene rings is 2. The van der Waals surface area contributed by atoms with E-state index in [4.69, 9.17) is 9.47 Å². The highest BCUT2D eigenvalue weighted by Gasteiger charge is 2.14. The summed E-state index contributed by atoms with van der Waals surface area (Å²) in [6.07, 6.45) is 2.63. The number of carbonyl (C=O) groups is 1. The minimum Gasteiger partial charge on any atom is -0.496 e. The Kier molecular flexibility index (Phi) is 5.14. The molecule has 0 fully saturated rings. The van der Waals surface area contributed by atoms with E-state index in [9.17, 15) is 4.79 Å². The number of amides is 1. The number of nitrogens with one attached hydrogen (secondary N) is 1.